The van der Waals surface area contributed by atoms with E-state index in [0.717, 1.165) is 19.4 Å². The van der Waals surface area contributed by atoms with Crippen LogP contribution in [0.1, 0.15) is 18.9 Å². The van der Waals surface area contributed by atoms with Gasteiger partial charge in [-0.15, -0.1) is 0 Å². The summed E-state index contributed by atoms with van der Waals surface area (Å²) in [4.78, 5) is 2.23. The van der Waals surface area contributed by atoms with Crippen LogP contribution in [0.4, 0.5) is 0 Å². The van der Waals surface area contributed by atoms with Crippen molar-refractivity contribution in [1.82, 2.24) is 4.90 Å². The van der Waals surface area contributed by atoms with Crippen LogP contribution in [0.15, 0.2) is 16.8 Å². The third-order valence-corrected chi connectivity index (χ3v) is 3.82. The minimum absolute atomic E-state index is 0.499. The second-order valence-corrected chi connectivity index (χ2v) is 5.28. The van der Waals surface area contributed by atoms with Gasteiger partial charge in [-0.2, -0.15) is 11.3 Å². The molecule has 2 heterocycles. The van der Waals surface area contributed by atoms with Crippen molar-refractivity contribution in [2.75, 3.05) is 13.6 Å². The fraction of sp³-hybridized carbons (Fsp3) is 0.636. The van der Waals surface area contributed by atoms with Crippen LogP contribution in [0, 0.1) is 0 Å². The van der Waals surface area contributed by atoms with Crippen molar-refractivity contribution in [2.24, 2.45) is 0 Å². The molecule has 78 valence electrons. The maximum Gasteiger partial charge on any atom is 0.0829 e. The molecule has 0 amide bonds. The van der Waals surface area contributed by atoms with E-state index in [2.05, 4.69) is 35.7 Å². The highest BCUT2D eigenvalue weighted by molar-refractivity contribution is 7.07. The van der Waals surface area contributed by atoms with Gasteiger partial charge in [0.2, 0.25) is 0 Å². The van der Waals surface area contributed by atoms with Crippen molar-refractivity contribution in [1.29, 1.82) is 0 Å². The van der Waals surface area contributed by atoms with E-state index < -0.39 is 5.60 Å². The van der Waals surface area contributed by atoms with Crippen LogP contribution in [0.3, 0.4) is 0 Å². The van der Waals surface area contributed by atoms with E-state index in [0.29, 0.717) is 6.04 Å². The Hall–Kier alpha value is -0.380. The van der Waals surface area contributed by atoms with Gasteiger partial charge in [0.15, 0.2) is 0 Å². The highest BCUT2D eigenvalue weighted by Crippen LogP contribution is 2.29. The number of likely N-dealkylation sites (N-methyl/N-ethyl adjacent to an activating group) is 1. The zero-order valence-electron chi connectivity index (χ0n) is 8.73. The first-order valence-corrected chi connectivity index (χ1v) is 5.97. The third kappa shape index (κ3) is 2.00. The van der Waals surface area contributed by atoms with Gasteiger partial charge in [0.05, 0.1) is 5.60 Å². The highest BCUT2D eigenvalue weighted by atomic mass is 32.1. The number of nitrogens with zero attached hydrogens (tertiary/aromatic N) is 1. The first-order valence-electron chi connectivity index (χ1n) is 5.03. The molecule has 1 N–H and O–H groups in total. The highest BCUT2D eigenvalue weighted by Gasteiger charge is 2.38. The average Bonchev–Trinajstić information content (AvgIpc) is 2.62. The van der Waals surface area contributed by atoms with Gasteiger partial charge in [0, 0.05) is 19.0 Å². The standard InChI is InChI=1S/C11H17NOS/c1-9-5-11(13,8-12(9)2)6-10-3-4-14-7-10/h3-4,7,9,13H,5-6,8H2,1-2H3. The smallest absolute Gasteiger partial charge is 0.0829 e. The molecule has 1 aromatic heterocycles. The number of likely N-dealkylation sites (tertiary alicyclic amines) is 1. The van der Waals surface area contributed by atoms with E-state index in [4.69, 9.17) is 0 Å². The number of thiophene rings is 1. The largest absolute Gasteiger partial charge is 0.388 e. The minimum atomic E-state index is -0.505. The lowest BCUT2D eigenvalue weighted by Crippen LogP contribution is -2.34. The Kier molecular flexibility index (Phi) is 2.64. The molecule has 0 radical (unpaired) electrons. The molecule has 0 spiro atoms. The Bertz CT molecular complexity index is 286. The van der Waals surface area contributed by atoms with E-state index >= 15 is 0 Å². The van der Waals surface area contributed by atoms with E-state index in [1.807, 2.05) is 0 Å². The monoisotopic (exact) mass is 211 g/mol. The SMILES string of the molecule is CC1CC(O)(Cc2ccsc2)CN1C. The Balaban J connectivity index is 2.04. The van der Waals surface area contributed by atoms with Gasteiger partial charge in [-0.3, -0.25) is 0 Å². The number of hydrogen-bond acceptors (Lipinski definition) is 3. The molecular weight excluding hydrogens is 194 g/mol. The molecule has 1 saturated heterocycles. The lowest BCUT2D eigenvalue weighted by molar-refractivity contribution is 0.0521. The zero-order chi connectivity index (χ0) is 10.2. The van der Waals surface area contributed by atoms with Crippen LogP contribution >= 0.6 is 11.3 Å². The average molecular weight is 211 g/mol. The van der Waals surface area contributed by atoms with E-state index in [1.54, 1.807) is 11.3 Å². The minimum Gasteiger partial charge on any atom is -0.388 e. The lowest BCUT2D eigenvalue weighted by Gasteiger charge is -2.21. The second kappa shape index (κ2) is 3.65. The normalized spacial score (nSPS) is 33.8. The molecule has 2 rings (SSSR count). The fourth-order valence-corrected chi connectivity index (χ4v) is 2.96. The maximum absolute atomic E-state index is 10.4. The summed E-state index contributed by atoms with van der Waals surface area (Å²) in [6, 6.07) is 2.60. The summed E-state index contributed by atoms with van der Waals surface area (Å²) in [5.41, 5.74) is 0.759. The van der Waals surface area contributed by atoms with E-state index in [-0.39, 0.29) is 0 Å². The summed E-state index contributed by atoms with van der Waals surface area (Å²) < 4.78 is 0. The van der Waals surface area contributed by atoms with Crippen molar-refractivity contribution >= 4 is 11.3 Å². The van der Waals surface area contributed by atoms with Crippen LogP contribution in [0.5, 0.6) is 0 Å². The first kappa shape index (κ1) is 10.1. The molecule has 0 aromatic carbocycles. The van der Waals surface area contributed by atoms with Crippen molar-refractivity contribution in [3.63, 3.8) is 0 Å². The Morgan fingerprint density at radius 1 is 1.71 bits per heavy atom. The first-order chi connectivity index (χ1) is 6.59. The molecule has 1 fully saturated rings. The van der Waals surface area contributed by atoms with Crippen molar-refractivity contribution in [3.05, 3.63) is 22.4 Å². The molecule has 2 atom stereocenters. The van der Waals surface area contributed by atoms with Crippen molar-refractivity contribution in [3.8, 4) is 0 Å². The second-order valence-electron chi connectivity index (χ2n) is 4.50. The van der Waals surface area contributed by atoms with Gasteiger partial charge in [0.1, 0.15) is 0 Å². The van der Waals surface area contributed by atoms with Gasteiger partial charge in [-0.1, -0.05) is 0 Å². The Morgan fingerprint density at radius 2 is 2.50 bits per heavy atom. The molecule has 2 nitrogen and oxygen atoms in total. The number of hydrogen-bond donors (Lipinski definition) is 1. The van der Waals surface area contributed by atoms with Gasteiger partial charge in [-0.25, -0.2) is 0 Å². The van der Waals surface area contributed by atoms with E-state index in [9.17, 15) is 5.11 Å². The maximum atomic E-state index is 10.4. The molecule has 14 heavy (non-hydrogen) atoms. The molecule has 0 saturated carbocycles. The van der Waals surface area contributed by atoms with Gasteiger partial charge in [0.25, 0.3) is 0 Å². The summed E-state index contributed by atoms with van der Waals surface area (Å²) in [7, 11) is 2.08. The molecule has 1 aliphatic heterocycles. The van der Waals surface area contributed by atoms with E-state index in [1.165, 1.54) is 5.56 Å². The van der Waals surface area contributed by atoms with Crippen LogP contribution in [-0.4, -0.2) is 35.2 Å². The molecule has 2 unspecified atom stereocenters. The summed E-state index contributed by atoms with van der Waals surface area (Å²) in [5.74, 6) is 0. The molecule has 1 aromatic rings. The predicted octanol–water partition coefficient (Wildman–Crippen LogP) is 1.75. The Morgan fingerprint density at radius 3 is 3.00 bits per heavy atom. The predicted molar refractivity (Wildman–Crippen MR) is 59.7 cm³/mol. The summed E-state index contributed by atoms with van der Waals surface area (Å²) in [6.07, 6.45) is 1.69. The number of β-amino-alcohol motifs (C(OH)–C–C–N with tert-alkyl or cyclic N) is 1. The van der Waals surface area contributed by atoms with Gasteiger partial charge < -0.3 is 10.0 Å². The zero-order valence-corrected chi connectivity index (χ0v) is 9.55. The lowest BCUT2D eigenvalue weighted by atomic mass is 9.94. The van der Waals surface area contributed by atoms with Crippen LogP contribution in [0.2, 0.25) is 0 Å². The van der Waals surface area contributed by atoms with Gasteiger partial charge in [-0.05, 0) is 42.8 Å². The van der Waals surface area contributed by atoms with Gasteiger partial charge >= 0.3 is 0 Å². The third-order valence-electron chi connectivity index (χ3n) is 3.08. The topological polar surface area (TPSA) is 23.5 Å². The van der Waals surface area contributed by atoms with Crippen LogP contribution in [0.25, 0.3) is 0 Å². The molecule has 0 aliphatic carbocycles. The molecular formula is C11H17NOS. The summed E-state index contributed by atoms with van der Waals surface area (Å²) >= 11 is 1.70. The summed E-state index contributed by atoms with van der Waals surface area (Å²) in [5, 5.41) is 14.6. The molecule has 3 heteroatoms. The number of rotatable bonds is 2. The quantitative estimate of drug-likeness (QED) is 0.805. The molecule has 1 aliphatic rings. The van der Waals surface area contributed by atoms with Crippen molar-refractivity contribution < 1.29 is 5.11 Å². The molecule has 0 bridgehead atoms. The summed E-state index contributed by atoms with van der Waals surface area (Å²) in [6.45, 7) is 2.97. The van der Waals surface area contributed by atoms with Crippen molar-refractivity contribution in [2.45, 2.75) is 31.4 Å². The fourth-order valence-electron chi connectivity index (χ4n) is 2.29. The number of aliphatic hydroxyl groups is 1. The Labute approximate surface area is 89.2 Å². The van der Waals surface area contributed by atoms with Crippen LogP contribution < -0.4 is 0 Å². The van der Waals surface area contributed by atoms with Crippen LogP contribution in [-0.2, 0) is 6.42 Å².